The summed E-state index contributed by atoms with van der Waals surface area (Å²) in [6, 6.07) is 4.60. The monoisotopic (exact) mass is 238 g/mol. The van der Waals surface area contributed by atoms with Crippen LogP contribution in [0.15, 0.2) is 18.2 Å². The topological polar surface area (TPSA) is 102 Å². The number of benzene rings is 1. The highest BCUT2D eigenvalue weighted by molar-refractivity contribution is 5.96. The summed E-state index contributed by atoms with van der Waals surface area (Å²) >= 11 is 0. The van der Waals surface area contributed by atoms with E-state index in [1.54, 1.807) is 19.1 Å². The quantitative estimate of drug-likeness (QED) is 0.398. The third kappa shape index (κ3) is 3.46. The van der Waals surface area contributed by atoms with Gasteiger partial charge in [-0.25, -0.2) is 4.79 Å². The second kappa shape index (κ2) is 5.86. The largest absolute Gasteiger partial charge is 0.481 e. The third-order valence-corrected chi connectivity index (χ3v) is 2.09. The van der Waals surface area contributed by atoms with Gasteiger partial charge in [-0.1, -0.05) is 6.07 Å². The maximum Gasteiger partial charge on any atom is 0.340 e. The summed E-state index contributed by atoms with van der Waals surface area (Å²) in [6.45, 7) is 1.93. The van der Waals surface area contributed by atoms with Crippen LogP contribution in [0.25, 0.3) is 0 Å². The van der Waals surface area contributed by atoms with E-state index in [0.717, 1.165) is 0 Å². The molecule has 0 radical (unpaired) electrons. The molecule has 1 rings (SSSR count). The number of hydrogen-bond donors (Lipinski definition) is 3. The normalized spacial score (nSPS) is 9.76. The molecule has 0 atom stereocenters. The first-order chi connectivity index (χ1) is 8.08. The number of anilines is 1. The molecule has 0 bridgehead atoms. The average Bonchev–Trinajstić information content (AvgIpc) is 2.28. The second-order valence-electron chi connectivity index (χ2n) is 3.32. The Hall–Kier alpha value is -2.08. The average molecular weight is 238 g/mol. The Kier molecular flexibility index (Phi) is 4.47. The lowest BCUT2D eigenvalue weighted by Crippen LogP contribution is -2.14. The summed E-state index contributed by atoms with van der Waals surface area (Å²) in [6.07, 6.45) is -0.155. The summed E-state index contributed by atoms with van der Waals surface area (Å²) in [4.78, 5) is 22.2. The molecule has 4 N–H and O–H groups in total. The van der Waals surface area contributed by atoms with Gasteiger partial charge in [0.25, 0.3) is 0 Å². The van der Waals surface area contributed by atoms with E-state index in [4.69, 9.17) is 15.7 Å². The smallest absolute Gasteiger partial charge is 0.340 e. The number of carboxylic acids is 1. The number of carboxylic acid groups (broad SMARTS) is 1. The minimum Gasteiger partial charge on any atom is -0.481 e. The lowest BCUT2D eigenvalue weighted by atomic mass is 10.1. The van der Waals surface area contributed by atoms with Gasteiger partial charge in [0.2, 0.25) is 0 Å². The first-order valence-corrected chi connectivity index (χ1v) is 5.07. The standard InChI is InChI=1S/C11H14N2O4/c1-2-17-11(16)8-5-7(6-10(14)15)3-4-9(8)13-12/h3-5,13H,2,6,12H2,1H3,(H,14,15). The van der Waals surface area contributed by atoms with Crippen LogP contribution in [-0.4, -0.2) is 23.7 Å². The molecule has 0 heterocycles. The highest BCUT2D eigenvalue weighted by atomic mass is 16.5. The van der Waals surface area contributed by atoms with Gasteiger partial charge in [-0.3, -0.25) is 10.6 Å². The maximum absolute atomic E-state index is 11.6. The van der Waals surface area contributed by atoms with Crippen molar-refractivity contribution in [1.29, 1.82) is 0 Å². The zero-order chi connectivity index (χ0) is 12.8. The van der Waals surface area contributed by atoms with E-state index in [1.807, 2.05) is 0 Å². The van der Waals surface area contributed by atoms with Gasteiger partial charge < -0.3 is 15.3 Å². The molecular weight excluding hydrogens is 224 g/mol. The minimum absolute atomic E-state index is 0.155. The number of hydrazine groups is 1. The summed E-state index contributed by atoms with van der Waals surface area (Å²) in [5, 5.41) is 8.67. The molecule has 1 aromatic rings. The van der Waals surface area contributed by atoms with E-state index in [9.17, 15) is 9.59 Å². The van der Waals surface area contributed by atoms with Crippen LogP contribution >= 0.6 is 0 Å². The van der Waals surface area contributed by atoms with Crippen molar-refractivity contribution in [3.8, 4) is 0 Å². The summed E-state index contributed by atoms with van der Waals surface area (Å²) in [7, 11) is 0. The fourth-order valence-electron chi connectivity index (χ4n) is 1.38. The van der Waals surface area contributed by atoms with Gasteiger partial charge >= 0.3 is 11.9 Å². The van der Waals surface area contributed by atoms with Crippen molar-refractivity contribution in [2.75, 3.05) is 12.0 Å². The van der Waals surface area contributed by atoms with E-state index in [0.29, 0.717) is 11.3 Å². The molecule has 0 amide bonds. The fourth-order valence-corrected chi connectivity index (χ4v) is 1.38. The predicted octanol–water partition coefficient (Wildman–Crippen LogP) is 0.776. The molecule has 6 heteroatoms. The number of esters is 1. The number of hydrogen-bond acceptors (Lipinski definition) is 5. The van der Waals surface area contributed by atoms with Gasteiger partial charge in [0.15, 0.2) is 0 Å². The van der Waals surface area contributed by atoms with Gasteiger partial charge in [-0.2, -0.15) is 0 Å². The number of nitrogens with one attached hydrogen (secondary N) is 1. The molecule has 1 aromatic carbocycles. The number of carbonyl (C=O) groups is 2. The first-order valence-electron chi connectivity index (χ1n) is 5.07. The summed E-state index contributed by atoms with van der Waals surface area (Å²) in [5.74, 6) is 3.76. The van der Waals surface area contributed by atoms with Crippen LogP contribution in [0.1, 0.15) is 22.8 Å². The Morgan fingerprint density at radius 2 is 2.18 bits per heavy atom. The molecule has 0 fully saturated rings. The van der Waals surface area contributed by atoms with E-state index in [-0.39, 0.29) is 18.6 Å². The zero-order valence-electron chi connectivity index (χ0n) is 9.40. The molecule has 17 heavy (non-hydrogen) atoms. The molecule has 0 aliphatic rings. The van der Waals surface area contributed by atoms with Crippen molar-refractivity contribution in [3.05, 3.63) is 29.3 Å². The van der Waals surface area contributed by atoms with Gasteiger partial charge in [0, 0.05) is 0 Å². The maximum atomic E-state index is 11.6. The number of rotatable bonds is 5. The number of carbonyl (C=O) groups excluding carboxylic acids is 1. The van der Waals surface area contributed by atoms with E-state index >= 15 is 0 Å². The van der Waals surface area contributed by atoms with Gasteiger partial charge in [-0.15, -0.1) is 0 Å². The molecule has 0 aliphatic carbocycles. The molecule has 0 aromatic heterocycles. The Bertz CT molecular complexity index is 431. The number of nitrogens with two attached hydrogens (primary N) is 1. The minimum atomic E-state index is -0.965. The fraction of sp³-hybridized carbons (Fsp3) is 0.273. The molecule has 0 saturated carbocycles. The van der Waals surface area contributed by atoms with Crippen molar-refractivity contribution in [2.24, 2.45) is 5.84 Å². The SMILES string of the molecule is CCOC(=O)c1cc(CC(=O)O)ccc1NN. The Balaban J connectivity index is 3.05. The highest BCUT2D eigenvalue weighted by Gasteiger charge is 2.13. The summed E-state index contributed by atoms with van der Waals surface area (Å²) in [5.41, 5.74) is 3.51. The zero-order valence-corrected chi connectivity index (χ0v) is 9.40. The molecule has 0 spiro atoms. The van der Waals surface area contributed by atoms with Crippen LogP contribution in [0.5, 0.6) is 0 Å². The molecule has 6 nitrogen and oxygen atoms in total. The van der Waals surface area contributed by atoms with E-state index < -0.39 is 11.9 Å². The number of nitrogen functional groups attached to an aromatic ring is 1. The Morgan fingerprint density at radius 1 is 1.47 bits per heavy atom. The van der Waals surface area contributed by atoms with E-state index in [2.05, 4.69) is 5.43 Å². The van der Waals surface area contributed by atoms with Crippen molar-refractivity contribution < 1.29 is 19.4 Å². The van der Waals surface area contributed by atoms with Gasteiger partial charge in [0.05, 0.1) is 24.3 Å². The first kappa shape index (κ1) is 13.0. The van der Waals surface area contributed by atoms with Gasteiger partial charge in [-0.05, 0) is 24.6 Å². The van der Waals surface area contributed by atoms with Crippen LogP contribution in [0.2, 0.25) is 0 Å². The van der Waals surface area contributed by atoms with Crippen LogP contribution in [0, 0.1) is 0 Å². The van der Waals surface area contributed by atoms with Crippen LogP contribution in [0.4, 0.5) is 5.69 Å². The lowest BCUT2D eigenvalue weighted by molar-refractivity contribution is -0.136. The Labute approximate surface area is 98.3 Å². The van der Waals surface area contributed by atoms with Crippen LogP contribution in [0.3, 0.4) is 0 Å². The molecule has 0 saturated heterocycles. The number of aliphatic carboxylic acids is 1. The molecular formula is C11H14N2O4. The van der Waals surface area contributed by atoms with Crippen LogP contribution in [-0.2, 0) is 16.0 Å². The lowest BCUT2D eigenvalue weighted by Gasteiger charge is -2.09. The summed E-state index contributed by atoms with van der Waals surface area (Å²) < 4.78 is 4.85. The second-order valence-corrected chi connectivity index (χ2v) is 3.32. The van der Waals surface area contributed by atoms with Crippen molar-refractivity contribution in [3.63, 3.8) is 0 Å². The van der Waals surface area contributed by atoms with Crippen molar-refractivity contribution >= 4 is 17.6 Å². The highest BCUT2D eigenvalue weighted by Crippen LogP contribution is 2.18. The van der Waals surface area contributed by atoms with Gasteiger partial charge in [0.1, 0.15) is 0 Å². The molecule has 0 aliphatic heterocycles. The van der Waals surface area contributed by atoms with Crippen molar-refractivity contribution in [1.82, 2.24) is 0 Å². The van der Waals surface area contributed by atoms with Crippen molar-refractivity contribution in [2.45, 2.75) is 13.3 Å². The van der Waals surface area contributed by atoms with E-state index in [1.165, 1.54) is 6.07 Å². The third-order valence-electron chi connectivity index (χ3n) is 2.09. The van der Waals surface area contributed by atoms with Crippen LogP contribution < -0.4 is 11.3 Å². The number of ether oxygens (including phenoxy) is 1. The predicted molar refractivity (Wildman–Crippen MR) is 61.5 cm³/mol. The molecule has 92 valence electrons. The molecule has 0 unspecified atom stereocenters. The Morgan fingerprint density at radius 3 is 2.71 bits per heavy atom.